The molecule has 0 unspecified atom stereocenters. The van der Waals surface area contributed by atoms with Crippen LogP contribution in [-0.4, -0.2) is 15.9 Å². The van der Waals surface area contributed by atoms with Crippen molar-refractivity contribution >= 4 is 16.9 Å². The van der Waals surface area contributed by atoms with Gasteiger partial charge in [0, 0.05) is 19.3 Å². The molecule has 27 heavy (non-hydrogen) atoms. The molecular formula is C23H19N3O. The van der Waals surface area contributed by atoms with Gasteiger partial charge >= 0.3 is 0 Å². The molecule has 3 aromatic carbocycles. The Bertz CT molecular complexity index is 1090. The summed E-state index contributed by atoms with van der Waals surface area (Å²) < 4.78 is 0. The molecule has 0 aliphatic rings. The van der Waals surface area contributed by atoms with E-state index in [9.17, 15) is 4.79 Å². The molecule has 1 amide bonds. The van der Waals surface area contributed by atoms with Gasteiger partial charge in [0.25, 0.3) is 0 Å². The maximum absolute atomic E-state index is 11.8. The molecule has 4 aromatic rings. The van der Waals surface area contributed by atoms with Gasteiger partial charge in [-0.15, -0.1) is 0 Å². The molecule has 1 heterocycles. The van der Waals surface area contributed by atoms with Gasteiger partial charge < -0.3 is 5.32 Å². The fourth-order valence-electron chi connectivity index (χ4n) is 3.25. The van der Waals surface area contributed by atoms with Crippen molar-refractivity contribution in [2.45, 2.75) is 13.0 Å². The Morgan fingerprint density at radius 1 is 0.778 bits per heavy atom. The number of carbonyl (C=O) groups is 1. The predicted molar refractivity (Wildman–Crippen MR) is 107 cm³/mol. The molecule has 4 rings (SSSR count). The van der Waals surface area contributed by atoms with Crippen molar-refractivity contribution < 1.29 is 4.79 Å². The predicted octanol–water partition coefficient (Wildman–Crippen LogP) is 4.52. The van der Waals surface area contributed by atoms with E-state index >= 15 is 0 Å². The van der Waals surface area contributed by atoms with Crippen LogP contribution in [0.15, 0.2) is 85.2 Å². The van der Waals surface area contributed by atoms with Crippen LogP contribution in [0, 0.1) is 0 Å². The van der Waals surface area contributed by atoms with Crippen molar-refractivity contribution in [3.05, 3.63) is 96.3 Å². The molecule has 0 aliphatic heterocycles. The lowest BCUT2D eigenvalue weighted by atomic mass is 9.95. The van der Waals surface area contributed by atoms with E-state index in [0.717, 1.165) is 33.3 Å². The van der Waals surface area contributed by atoms with Gasteiger partial charge in [0.1, 0.15) is 0 Å². The first-order valence-electron chi connectivity index (χ1n) is 8.84. The van der Waals surface area contributed by atoms with Crippen LogP contribution < -0.4 is 5.32 Å². The van der Waals surface area contributed by atoms with Gasteiger partial charge in [0.05, 0.1) is 17.1 Å². The van der Waals surface area contributed by atoms with Crippen LogP contribution in [0.1, 0.15) is 24.1 Å². The van der Waals surface area contributed by atoms with Gasteiger partial charge in [-0.05, 0) is 40.5 Å². The summed E-state index contributed by atoms with van der Waals surface area (Å²) >= 11 is 0. The monoisotopic (exact) mass is 353 g/mol. The number of hydrogen-bond donors (Lipinski definition) is 1. The molecule has 0 saturated heterocycles. The van der Waals surface area contributed by atoms with Gasteiger partial charge in [-0.2, -0.15) is 0 Å². The zero-order valence-corrected chi connectivity index (χ0v) is 15.0. The Morgan fingerprint density at radius 3 is 2.26 bits per heavy atom. The van der Waals surface area contributed by atoms with Gasteiger partial charge in [0.2, 0.25) is 5.91 Å². The summed E-state index contributed by atoms with van der Waals surface area (Å²) in [6, 6.07) is 24.1. The summed E-state index contributed by atoms with van der Waals surface area (Å²) in [5, 5.41) is 3.06. The maximum atomic E-state index is 11.8. The van der Waals surface area contributed by atoms with Crippen LogP contribution in [0.5, 0.6) is 0 Å². The Kier molecular flexibility index (Phi) is 4.62. The second-order valence-electron chi connectivity index (χ2n) is 6.43. The van der Waals surface area contributed by atoms with E-state index in [1.807, 2.05) is 60.7 Å². The molecule has 4 heteroatoms. The van der Waals surface area contributed by atoms with E-state index in [1.54, 1.807) is 19.3 Å². The molecule has 4 nitrogen and oxygen atoms in total. The van der Waals surface area contributed by atoms with E-state index in [4.69, 9.17) is 0 Å². The average Bonchev–Trinajstić information content (AvgIpc) is 2.72. The molecule has 0 spiro atoms. The molecule has 1 aromatic heterocycles. The molecule has 0 fully saturated rings. The number of nitrogens with zero attached hydrogens (tertiary/aromatic N) is 2. The fraction of sp³-hybridized carbons (Fsp3) is 0.0870. The third-order valence-electron chi connectivity index (χ3n) is 4.50. The number of benzene rings is 3. The van der Waals surface area contributed by atoms with Crippen molar-refractivity contribution in [1.29, 1.82) is 0 Å². The first-order chi connectivity index (χ1) is 13.2. The highest BCUT2D eigenvalue weighted by Gasteiger charge is 2.15. The first-order valence-corrected chi connectivity index (χ1v) is 8.84. The number of aromatic nitrogens is 2. The van der Waals surface area contributed by atoms with Gasteiger partial charge in [-0.25, -0.2) is 0 Å². The summed E-state index contributed by atoms with van der Waals surface area (Å²) in [5.41, 5.74) is 5.97. The molecule has 0 radical (unpaired) electrons. The van der Waals surface area contributed by atoms with E-state index in [1.165, 1.54) is 0 Å². The lowest BCUT2D eigenvalue weighted by Gasteiger charge is -2.20. The molecule has 132 valence electrons. The van der Waals surface area contributed by atoms with Crippen LogP contribution in [0.25, 0.3) is 22.2 Å². The lowest BCUT2D eigenvalue weighted by Crippen LogP contribution is -2.26. The largest absolute Gasteiger partial charge is 0.345 e. The maximum Gasteiger partial charge on any atom is 0.217 e. The topological polar surface area (TPSA) is 54.9 Å². The van der Waals surface area contributed by atoms with Crippen LogP contribution in [0.2, 0.25) is 0 Å². The summed E-state index contributed by atoms with van der Waals surface area (Å²) in [5.74, 6) is -0.0600. The Morgan fingerprint density at radius 2 is 1.48 bits per heavy atom. The number of nitrogens with one attached hydrogen (secondary N) is 1. The normalized spacial score (nSPS) is 11.9. The zero-order chi connectivity index (χ0) is 18.6. The zero-order valence-electron chi connectivity index (χ0n) is 15.0. The second kappa shape index (κ2) is 7.38. The number of fused-ring (bicyclic) bond motifs is 1. The van der Waals surface area contributed by atoms with Crippen LogP contribution in [0.3, 0.4) is 0 Å². The number of carbonyl (C=O) groups excluding carboxylic acids is 1. The van der Waals surface area contributed by atoms with Crippen molar-refractivity contribution in [1.82, 2.24) is 15.3 Å². The first kappa shape index (κ1) is 16.9. The molecular weight excluding hydrogens is 334 g/mol. The quantitative estimate of drug-likeness (QED) is 0.587. The molecule has 1 N–H and O–H groups in total. The highest BCUT2D eigenvalue weighted by molar-refractivity contribution is 5.81. The highest BCUT2D eigenvalue weighted by atomic mass is 16.1. The number of amides is 1. The van der Waals surface area contributed by atoms with Gasteiger partial charge in [-0.1, -0.05) is 54.6 Å². The minimum atomic E-state index is -0.191. The number of rotatable bonds is 4. The van der Waals surface area contributed by atoms with E-state index in [0.29, 0.717) is 0 Å². The van der Waals surface area contributed by atoms with Crippen LogP contribution >= 0.6 is 0 Å². The molecule has 0 saturated carbocycles. The lowest BCUT2D eigenvalue weighted by molar-refractivity contribution is -0.119. The SMILES string of the molecule is CC(=O)N[C@H](c1ccccc1)c1cccc(-c2ccc3nccnc3c2)c1. The van der Waals surface area contributed by atoms with Gasteiger partial charge in [0.15, 0.2) is 0 Å². The van der Waals surface area contributed by atoms with Gasteiger partial charge in [-0.3, -0.25) is 14.8 Å². The average molecular weight is 353 g/mol. The molecule has 0 aliphatic carbocycles. The summed E-state index contributed by atoms with van der Waals surface area (Å²) in [6.07, 6.45) is 3.39. The smallest absolute Gasteiger partial charge is 0.217 e. The summed E-state index contributed by atoms with van der Waals surface area (Å²) in [6.45, 7) is 1.54. The summed E-state index contributed by atoms with van der Waals surface area (Å²) in [4.78, 5) is 20.5. The third kappa shape index (κ3) is 3.70. The Hall–Kier alpha value is -3.53. The van der Waals surface area contributed by atoms with Crippen LogP contribution in [0.4, 0.5) is 0 Å². The molecule has 0 bridgehead atoms. The Labute approximate surface area is 157 Å². The molecule has 1 atom stereocenters. The summed E-state index contributed by atoms with van der Waals surface area (Å²) in [7, 11) is 0. The minimum absolute atomic E-state index is 0.0600. The second-order valence-corrected chi connectivity index (χ2v) is 6.43. The number of hydrogen-bond acceptors (Lipinski definition) is 3. The van der Waals surface area contributed by atoms with Crippen LogP contribution in [-0.2, 0) is 4.79 Å². The minimum Gasteiger partial charge on any atom is -0.345 e. The van der Waals surface area contributed by atoms with E-state index < -0.39 is 0 Å². The van der Waals surface area contributed by atoms with Crippen molar-refractivity contribution in [3.8, 4) is 11.1 Å². The fourth-order valence-corrected chi connectivity index (χ4v) is 3.25. The van der Waals surface area contributed by atoms with E-state index in [-0.39, 0.29) is 11.9 Å². The van der Waals surface area contributed by atoms with Crippen molar-refractivity contribution in [3.63, 3.8) is 0 Å². The van der Waals surface area contributed by atoms with Crippen molar-refractivity contribution in [2.75, 3.05) is 0 Å². The standard InChI is InChI=1S/C23H19N3O/c1-16(27)26-23(17-6-3-2-4-7-17)20-9-5-8-18(14-20)19-10-11-21-22(15-19)25-13-12-24-21/h2-15,23H,1H3,(H,26,27)/t23-/m1/s1. The van der Waals surface area contributed by atoms with E-state index in [2.05, 4.69) is 27.4 Å². The third-order valence-corrected chi connectivity index (χ3v) is 4.50. The highest BCUT2D eigenvalue weighted by Crippen LogP contribution is 2.28. The Balaban J connectivity index is 1.76. The van der Waals surface area contributed by atoms with Crippen molar-refractivity contribution in [2.24, 2.45) is 0 Å².